The summed E-state index contributed by atoms with van der Waals surface area (Å²) >= 11 is 0. The first kappa shape index (κ1) is 14.3. The Morgan fingerprint density at radius 3 is 2.06 bits per heavy atom. The van der Waals surface area contributed by atoms with Crippen molar-refractivity contribution in [3.63, 3.8) is 0 Å². The minimum atomic E-state index is -5.34. The van der Waals surface area contributed by atoms with Crippen LogP contribution in [-0.4, -0.2) is 24.9 Å². The van der Waals surface area contributed by atoms with E-state index >= 15 is 0 Å². The molecular formula is C10H13F6N. The molecule has 1 N–H and O–H groups in total. The van der Waals surface area contributed by atoms with E-state index in [-0.39, 0.29) is 24.5 Å². The molecule has 0 amide bonds. The van der Waals surface area contributed by atoms with Crippen LogP contribution in [0, 0.1) is 5.92 Å². The molecule has 1 nitrogen and oxygen atoms in total. The summed E-state index contributed by atoms with van der Waals surface area (Å²) in [6, 6.07) is -0.0473. The molecule has 0 radical (unpaired) electrons. The van der Waals surface area contributed by atoms with Gasteiger partial charge in [-0.15, -0.1) is 0 Å². The first-order valence-electron chi connectivity index (χ1n) is 5.20. The highest BCUT2D eigenvalue weighted by Crippen LogP contribution is 2.39. The lowest BCUT2D eigenvalue weighted by molar-refractivity contribution is -0.172. The molecule has 0 bridgehead atoms. The van der Waals surface area contributed by atoms with Crippen LogP contribution >= 0.6 is 0 Å². The third kappa shape index (κ3) is 3.90. The van der Waals surface area contributed by atoms with E-state index < -0.39 is 17.9 Å². The Bertz CT molecular complexity index is 274. The highest BCUT2D eigenvalue weighted by Gasteiger charge is 2.50. The maximum Gasteiger partial charge on any atom is 0.420 e. The number of nitrogens with one attached hydrogen (secondary N) is 1. The van der Waals surface area contributed by atoms with E-state index in [1.807, 2.05) is 0 Å². The zero-order valence-electron chi connectivity index (χ0n) is 9.12. The monoisotopic (exact) mass is 261 g/mol. The average molecular weight is 261 g/mol. The lowest BCUT2D eigenvalue weighted by Crippen LogP contribution is -2.27. The predicted octanol–water partition coefficient (Wildman–Crippen LogP) is 3.43. The SMILES string of the molecule is CC1NCCC1CC=C(C(F)(F)F)C(F)(F)F. The largest absolute Gasteiger partial charge is 0.420 e. The van der Waals surface area contributed by atoms with Crippen molar-refractivity contribution in [1.29, 1.82) is 0 Å². The van der Waals surface area contributed by atoms with Crippen molar-refractivity contribution in [1.82, 2.24) is 5.32 Å². The molecule has 1 rings (SSSR count). The molecule has 0 aromatic heterocycles. The zero-order chi connectivity index (χ0) is 13.3. The fourth-order valence-corrected chi connectivity index (χ4v) is 1.90. The maximum absolute atomic E-state index is 12.2. The Labute approximate surface area is 94.9 Å². The predicted molar refractivity (Wildman–Crippen MR) is 50.4 cm³/mol. The highest BCUT2D eigenvalue weighted by atomic mass is 19.4. The Balaban J connectivity index is 2.77. The van der Waals surface area contributed by atoms with Crippen LogP contribution in [0.3, 0.4) is 0 Å². The van der Waals surface area contributed by atoms with Crippen LogP contribution in [0.25, 0.3) is 0 Å². The smallest absolute Gasteiger partial charge is 0.314 e. The zero-order valence-corrected chi connectivity index (χ0v) is 9.12. The van der Waals surface area contributed by atoms with E-state index in [0.717, 1.165) is 0 Å². The third-order valence-electron chi connectivity index (χ3n) is 2.92. The molecule has 17 heavy (non-hydrogen) atoms. The summed E-state index contributed by atoms with van der Waals surface area (Å²) in [4.78, 5) is 0. The van der Waals surface area contributed by atoms with E-state index in [1.165, 1.54) is 0 Å². The summed E-state index contributed by atoms with van der Waals surface area (Å²) in [5, 5.41) is 2.98. The number of alkyl halides is 6. The second kappa shape index (κ2) is 4.88. The van der Waals surface area contributed by atoms with Crippen molar-refractivity contribution >= 4 is 0 Å². The topological polar surface area (TPSA) is 12.0 Å². The minimum absolute atomic E-state index is 0.0473. The van der Waals surface area contributed by atoms with Crippen molar-refractivity contribution < 1.29 is 26.3 Å². The maximum atomic E-state index is 12.2. The van der Waals surface area contributed by atoms with Crippen LogP contribution in [0.4, 0.5) is 26.3 Å². The molecule has 1 fully saturated rings. The van der Waals surface area contributed by atoms with Crippen LogP contribution in [0.15, 0.2) is 11.6 Å². The van der Waals surface area contributed by atoms with E-state index in [1.54, 1.807) is 6.92 Å². The number of rotatable bonds is 2. The van der Waals surface area contributed by atoms with Crippen LogP contribution < -0.4 is 5.32 Å². The summed E-state index contributed by atoms with van der Waals surface area (Å²) in [5.41, 5.74) is -2.40. The van der Waals surface area contributed by atoms with Gasteiger partial charge in [0.05, 0.1) is 0 Å². The van der Waals surface area contributed by atoms with Gasteiger partial charge in [-0.25, -0.2) is 0 Å². The van der Waals surface area contributed by atoms with Gasteiger partial charge in [0.15, 0.2) is 0 Å². The van der Waals surface area contributed by atoms with Gasteiger partial charge in [-0.1, -0.05) is 6.08 Å². The van der Waals surface area contributed by atoms with E-state index in [9.17, 15) is 26.3 Å². The second-order valence-electron chi connectivity index (χ2n) is 4.14. The fraction of sp³-hybridized carbons (Fsp3) is 0.800. The number of allylic oxidation sites excluding steroid dienone is 2. The van der Waals surface area contributed by atoms with Gasteiger partial charge < -0.3 is 5.32 Å². The Kier molecular flexibility index (Phi) is 4.11. The van der Waals surface area contributed by atoms with E-state index in [2.05, 4.69) is 5.32 Å². The molecule has 2 atom stereocenters. The summed E-state index contributed by atoms with van der Waals surface area (Å²) in [7, 11) is 0. The molecule has 1 aliphatic heterocycles. The van der Waals surface area contributed by atoms with Crippen LogP contribution in [0.2, 0.25) is 0 Å². The van der Waals surface area contributed by atoms with E-state index in [4.69, 9.17) is 0 Å². The summed E-state index contributed by atoms with van der Waals surface area (Å²) in [5.74, 6) is -0.172. The molecule has 1 aliphatic rings. The lowest BCUT2D eigenvalue weighted by atomic mass is 9.96. The fourth-order valence-electron chi connectivity index (χ4n) is 1.90. The molecule has 0 aliphatic carbocycles. The summed E-state index contributed by atoms with van der Waals surface area (Å²) in [6.07, 6.45) is -10.0. The quantitative estimate of drug-likeness (QED) is 0.593. The Morgan fingerprint density at radius 1 is 1.18 bits per heavy atom. The highest BCUT2D eigenvalue weighted by molar-refractivity contribution is 5.15. The van der Waals surface area contributed by atoms with Gasteiger partial charge in [0.2, 0.25) is 0 Å². The molecule has 0 saturated carbocycles. The van der Waals surface area contributed by atoms with Gasteiger partial charge in [-0.05, 0) is 32.2 Å². The normalized spacial score (nSPS) is 26.1. The average Bonchev–Trinajstić information content (AvgIpc) is 2.47. The molecular weight excluding hydrogens is 248 g/mol. The lowest BCUT2D eigenvalue weighted by Gasteiger charge is -2.17. The molecule has 0 aromatic carbocycles. The molecule has 100 valence electrons. The third-order valence-corrected chi connectivity index (χ3v) is 2.92. The standard InChI is InChI=1S/C10H13F6N/c1-6-7(4-5-17-6)2-3-8(9(11,12)13)10(14,15)16/h3,6-7,17H,2,4-5H2,1H3. The minimum Gasteiger partial charge on any atom is -0.314 e. The van der Waals surface area contributed by atoms with Crippen molar-refractivity contribution in [2.24, 2.45) is 5.92 Å². The second-order valence-corrected chi connectivity index (χ2v) is 4.14. The van der Waals surface area contributed by atoms with Crippen molar-refractivity contribution in [3.8, 4) is 0 Å². The molecule has 7 heteroatoms. The van der Waals surface area contributed by atoms with Gasteiger partial charge >= 0.3 is 12.4 Å². The van der Waals surface area contributed by atoms with E-state index in [0.29, 0.717) is 13.0 Å². The molecule has 0 aromatic rings. The van der Waals surface area contributed by atoms with Gasteiger partial charge in [0.1, 0.15) is 5.57 Å². The van der Waals surface area contributed by atoms with Crippen molar-refractivity contribution in [2.75, 3.05) is 6.54 Å². The van der Waals surface area contributed by atoms with Crippen molar-refractivity contribution in [3.05, 3.63) is 11.6 Å². The van der Waals surface area contributed by atoms with Gasteiger partial charge in [0.25, 0.3) is 0 Å². The van der Waals surface area contributed by atoms with Crippen molar-refractivity contribution in [2.45, 2.75) is 38.2 Å². The first-order valence-corrected chi connectivity index (χ1v) is 5.20. The van der Waals surface area contributed by atoms with Crippen LogP contribution in [0.1, 0.15) is 19.8 Å². The number of hydrogen-bond donors (Lipinski definition) is 1. The first-order chi connectivity index (χ1) is 7.62. The number of halogens is 6. The Morgan fingerprint density at radius 2 is 1.71 bits per heavy atom. The van der Waals surface area contributed by atoms with Crippen LogP contribution in [-0.2, 0) is 0 Å². The summed E-state index contributed by atoms with van der Waals surface area (Å²) in [6.45, 7) is 2.39. The van der Waals surface area contributed by atoms with Gasteiger partial charge in [-0.2, -0.15) is 26.3 Å². The molecule has 0 spiro atoms. The van der Waals surface area contributed by atoms with Crippen LogP contribution in [0.5, 0.6) is 0 Å². The molecule has 1 heterocycles. The van der Waals surface area contributed by atoms with Gasteiger partial charge in [0, 0.05) is 6.04 Å². The molecule has 1 saturated heterocycles. The number of hydrogen-bond acceptors (Lipinski definition) is 1. The molecule has 2 unspecified atom stereocenters. The Hall–Kier alpha value is -0.720. The summed E-state index contributed by atoms with van der Waals surface area (Å²) < 4.78 is 73.1. The van der Waals surface area contributed by atoms with Gasteiger partial charge in [-0.3, -0.25) is 0 Å².